The first-order valence-corrected chi connectivity index (χ1v) is 8.00. The summed E-state index contributed by atoms with van der Waals surface area (Å²) >= 11 is 0.316. The van der Waals surface area contributed by atoms with Crippen LogP contribution < -0.4 is 0 Å². The number of alkyl halides is 5. The van der Waals surface area contributed by atoms with E-state index in [0.29, 0.717) is 37.7 Å². The van der Waals surface area contributed by atoms with Crippen LogP contribution in [0.3, 0.4) is 0 Å². The number of hydrogen-bond acceptors (Lipinski definition) is 6. The van der Waals surface area contributed by atoms with E-state index in [1.54, 1.807) is 0 Å². The lowest BCUT2D eigenvalue weighted by Crippen LogP contribution is -2.36. The Hall–Kier alpha value is -1.12. The Morgan fingerprint density at radius 1 is 1.29 bits per heavy atom. The van der Waals surface area contributed by atoms with E-state index in [1.165, 1.54) is 7.11 Å². The molecule has 0 N–H and O–H groups in total. The fraction of sp³-hybridized carbons (Fsp3) is 0.846. The predicted molar refractivity (Wildman–Crippen MR) is 76.1 cm³/mol. The maximum absolute atomic E-state index is 12.7. The van der Waals surface area contributed by atoms with Gasteiger partial charge < -0.3 is 4.84 Å². The molecular weight excluding hydrogens is 359 g/mol. The topological polar surface area (TPSA) is 63.8 Å². The molecule has 0 saturated heterocycles. The quantitative estimate of drug-likeness (QED) is 0.208. The molecular formula is C13H17F5N2O3S. The zero-order chi connectivity index (χ0) is 18.2. The standard InChI is InChI=1S/C13H17F5N2O3S/c1-21-20-10-4-2-9(3-5-10)11(8-19)22-23-24-7-6-12(14,15)13(16,17)18/h9,11H,2-7H2,1H3. The number of nitrogens with zero attached hydrogens (tertiary/aromatic N) is 2. The average molecular weight is 376 g/mol. The van der Waals surface area contributed by atoms with Gasteiger partial charge in [0.25, 0.3) is 0 Å². The summed E-state index contributed by atoms with van der Waals surface area (Å²) in [5.41, 5.74) is 0.870. The molecule has 0 spiro atoms. The van der Waals surface area contributed by atoms with Gasteiger partial charge in [-0.3, -0.25) is 0 Å². The molecule has 1 aliphatic carbocycles. The second kappa shape index (κ2) is 9.39. The molecule has 0 aromatic heterocycles. The SMILES string of the molecule is CON=C1CCC(C(C#N)OOSCCC(F)(F)C(F)(F)F)CC1. The van der Waals surface area contributed by atoms with Crippen molar-refractivity contribution in [2.45, 2.75) is 50.3 Å². The minimum Gasteiger partial charge on any atom is -0.399 e. The van der Waals surface area contributed by atoms with E-state index in [9.17, 15) is 22.0 Å². The van der Waals surface area contributed by atoms with Gasteiger partial charge in [0.15, 0.2) is 6.10 Å². The monoisotopic (exact) mass is 376 g/mol. The largest absolute Gasteiger partial charge is 0.453 e. The van der Waals surface area contributed by atoms with Gasteiger partial charge in [0, 0.05) is 30.1 Å². The summed E-state index contributed by atoms with van der Waals surface area (Å²) in [6.45, 7) is 0. The van der Waals surface area contributed by atoms with Gasteiger partial charge >= 0.3 is 12.1 Å². The van der Waals surface area contributed by atoms with E-state index >= 15 is 0 Å². The molecule has 0 aromatic carbocycles. The Kier molecular flexibility index (Phi) is 8.18. The lowest BCUT2D eigenvalue weighted by Gasteiger charge is -2.25. The molecule has 5 nitrogen and oxygen atoms in total. The zero-order valence-corrected chi connectivity index (χ0v) is 13.6. The summed E-state index contributed by atoms with van der Waals surface area (Å²) in [4.78, 5) is 9.50. The Bertz CT molecular complexity index is 458. The summed E-state index contributed by atoms with van der Waals surface area (Å²) in [5, 5.41) is 12.9. The second-order valence-electron chi connectivity index (χ2n) is 5.17. The van der Waals surface area contributed by atoms with Gasteiger partial charge in [-0.25, -0.2) is 4.89 Å². The lowest BCUT2D eigenvalue weighted by molar-refractivity contribution is -0.282. The molecule has 0 aliphatic heterocycles. The first-order valence-electron chi connectivity index (χ1n) is 7.09. The number of oxime groups is 1. The zero-order valence-electron chi connectivity index (χ0n) is 12.8. The molecule has 1 rings (SSSR count). The van der Waals surface area contributed by atoms with Crippen LogP contribution in [0, 0.1) is 17.2 Å². The Balaban J connectivity index is 2.29. The van der Waals surface area contributed by atoms with Crippen LogP contribution in [0.5, 0.6) is 0 Å². The van der Waals surface area contributed by atoms with Crippen molar-refractivity contribution in [3.63, 3.8) is 0 Å². The minimum absolute atomic E-state index is 0.136. The Morgan fingerprint density at radius 2 is 1.92 bits per heavy atom. The predicted octanol–water partition coefficient (Wildman–Crippen LogP) is 4.26. The van der Waals surface area contributed by atoms with Crippen molar-refractivity contribution in [2.24, 2.45) is 11.1 Å². The number of nitriles is 1. The highest BCUT2D eigenvalue weighted by Crippen LogP contribution is 2.38. The van der Waals surface area contributed by atoms with Crippen molar-refractivity contribution in [3.8, 4) is 6.07 Å². The van der Waals surface area contributed by atoms with Gasteiger partial charge in [-0.05, 0) is 25.7 Å². The lowest BCUT2D eigenvalue weighted by atomic mass is 9.85. The van der Waals surface area contributed by atoms with E-state index in [2.05, 4.69) is 14.3 Å². The molecule has 0 radical (unpaired) electrons. The highest BCUT2D eigenvalue weighted by atomic mass is 32.2. The minimum atomic E-state index is -5.59. The van der Waals surface area contributed by atoms with Gasteiger partial charge in [0.05, 0.1) is 11.8 Å². The molecule has 138 valence electrons. The molecule has 1 saturated carbocycles. The van der Waals surface area contributed by atoms with Crippen LogP contribution in [0.1, 0.15) is 32.1 Å². The molecule has 0 bridgehead atoms. The summed E-state index contributed by atoms with van der Waals surface area (Å²) in [6, 6.07) is 1.89. The normalized spacial score (nSPS) is 20.4. The van der Waals surface area contributed by atoms with Crippen LogP contribution in [0.15, 0.2) is 5.16 Å². The molecule has 1 unspecified atom stereocenters. The van der Waals surface area contributed by atoms with Crippen molar-refractivity contribution >= 4 is 17.8 Å². The summed E-state index contributed by atoms with van der Waals surface area (Å²) in [5.74, 6) is -5.54. The summed E-state index contributed by atoms with van der Waals surface area (Å²) in [7, 11) is 1.44. The number of hydrogen-bond donors (Lipinski definition) is 0. The van der Waals surface area contributed by atoms with E-state index in [-0.39, 0.29) is 5.92 Å². The number of halogens is 5. The van der Waals surface area contributed by atoms with E-state index in [4.69, 9.17) is 10.1 Å². The molecule has 1 fully saturated rings. The van der Waals surface area contributed by atoms with E-state index < -0.39 is 30.4 Å². The van der Waals surface area contributed by atoms with Crippen molar-refractivity contribution < 1.29 is 36.0 Å². The first-order chi connectivity index (χ1) is 11.2. The van der Waals surface area contributed by atoms with E-state index in [1.807, 2.05) is 6.07 Å². The number of rotatable bonds is 8. The van der Waals surface area contributed by atoms with Gasteiger partial charge in [0.1, 0.15) is 7.11 Å². The molecule has 0 heterocycles. The van der Waals surface area contributed by atoms with Crippen LogP contribution in [-0.2, 0) is 14.1 Å². The van der Waals surface area contributed by atoms with Gasteiger partial charge in [-0.1, -0.05) is 5.16 Å². The van der Waals surface area contributed by atoms with Crippen molar-refractivity contribution in [1.29, 1.82) is 5.26 Å². The smallest absolute Gasteiger partial charge is 0.399 e. The van der Waals surface area contributed by atoms with Crippen molar-refractivity contribution in [1.82, 2.24) is 0 Å². The average Bonchev–Trinajstić information content (AvgIpc) is 2.51. The molecule has 0 aromatic rings. The maximum Gasteiger partial charge on any atom is 0.453 e. The third-order valence-corrected chi connectivity index (χ3v) is 4.03. The van der Waals surface area contributed by atoms with E-state index in [0.717, 1.165) is 5.71 Å². The fourth-order valence-corrected chi connectivity index (χ4v) is 2.67. The molecule has 1 atom stereocenters. The molecule has 11 heteroatoms. The van der Waals surface area contributed by atoms with Gasteiger partial charge in [-0.15, -0.1) is 0 Å². The maximum atomic E-state index is 12.7. The molecule has 0 amide bonds. The fourth-order valence-electron chi connectivity index (χ4n) is 2.12. The highest BCUT2D eigenvalue weighted by molar-refractivity contribution is 7.94. The Labute approximate surface area is 140 Å². The van der Waals surface area contributed by atoms with Crippen LogP contribution in [-0.4, -0.2) is 36.8 Å². The van der Waals surface area contributed by atoms with Gasteiger partial charge in [-0.2, -0.15) is 31.5 Å². The third kappa shape index (κ3) is 6.41. The van der Waals surface area contributed by atoms with Crippen LogP contribution in [0.2, 0.25) is 0 Å². The van der Waals surface area contributed by atoms with Crippen LogP contribution >= 0.6 is 12.0 Å². The summed E-state index contributed by atoms with van der Waals surface area (Å²) < 4.78 is 65.8. The molecule has 24 heavy (non-hydrogen) atoms. The van der Waals surface area contributed by atoms with Crippen LogP contribution in [0.4, 0.5) is 22.0 Å². The Morgan fingerprint density at radius 3 is 2.42 bits per heavy atom. The van der Waals surface area contributed by atoms with Crippen molar-refractivity contribution in [2.75, 3.05) is 12.9 Å². The first kappa shape index (κ1) is 20.9. The summed E-state index contributed by atoms with van der Waals surface area (Å²) in [6.07, 6.45) is -5.46. The molecule has 1 aliphatic rings. The third-order valence-electron chi connectivity index (χ3n) is 3.49. The van der Waals surface area contributed by atoms with Crippen LogP contribution in [0.25, 0.3) is 0 Å². The van der Waals surface area contributed by atoms with Crippen molar-refractivity contribution in [3.05, 3.63) is 0 Å². The second-order valence-corrected chi connectivity index (χ2v) is 5.95. The highest BCUT2D eigenvalue weighted by Gasteiger charge is 2.56. The van der Waals surface area contributed by atoms with Gasteiger partial charge in [0.2, 0.25) is 0 Å².